The van der Waals surface area contributed by atoms with E-state index in [1.807, 2.05) is 32.0 Å². The molecule has 200 valence electrons. The van der Waals surface area contributed by atoms with Gasteiger partial charge in [0.1, 0.15) is 24.1 Å². The van der Waals surface area contributed by atoms with E-state index in [1.54, 1.807) is 22.0 Å². The molecule has 1 saturated carbocycles. The van der Waals surface area contributed by atoms with Crippen LogP contribution in [0, 0.1) is 12.3 Å². The molecular formula is C29H36N6O3. The summed E-state index contributed by atoms with van der Waals surface area (Å²) in [7, 11) is 0. The normalized spacial score (nSPS) is 22.8. The molecule has 1 aliphatic carbocycles. The molecule has 4 atom stereocenters. The number of nitrogens with one attached hydrogen (secondary N) is 1. The number of aryl methyl sites for hydroxylation is 1. The van der Waals surface area contributed by atoms with Crippen molar-refractivity contribution in [3.63, 3.8) is 0 Å². The highest BCUT2D eigenvalue weighted by atomic mass is 16.2. The number of amides is 2. The minimum absolute atomic E-state index is 0.00787. The Bertz CT molecular complexity index is 1400. The molecule has 0 bridgehead atoms. The third-order valence-electron chi connectivity index (χ3n) is 8.09. The Kier molecular flexibility index (Phi) is 6.79. The van der Waals surface area contributed by atoms with Gasteiger partial charge in [0.2, 0.25) is 11.8 Å². The van der Waals surface area contributed by atoms with E-state index < -0.39 is 6.04 Å². The van der Waals surface area contributed by atoms with E-state index in [0.717, 1.165) is 36.8 Å². The van der Waals surface area contributed by atoms with E-state index in [0.29, 0.717) is 28.8 Å². The Hall–Kier alpha value is -3.62. The van der Waals surface area contributed by atoms with Crippen LogP contribution < -0.4 is 5.32 Å². The molecule has 1 saturated heterocycles. The van der Waals surface area contributed by atoms with Crippen LogP contribution in [0.15, 0.2) is 30.6 Å². The molecule has 0 radical (unpaired) electrons. The number of rotatable bonds is 9. The second kappa shape index (κ2) is 9.93. The van der Waals surface area contributed by atoms with Gasteiger partial charge in [-0.2, -0.15) is 5.10 Å². The van der Waals surface area contributed by atoms with Gasteiger partial charge in [-0.05, 0) is 56.2 Å². The Balaban J connectivity index is 1.40. The van der Waals surface area contributed by atoms with Crippen LogP contribution in [0.5, 0.6) is 0 Å². The summed E-state index contributed by atoms with van der Waals surface area (Å²) in [6.07, 6.45) is 8.14. The predicted molar refractivity (Wildman–Crippen MR) is 144 cm³/mol. The number of likely N-dealkylation sites (tertiary alicyclic amines) is 1. The van der Waals surface area contributed by atoms with Gasteiger partial charge in [-0.15, -0.1) is 0 Å². The molecule has 2 aromatic heterocycles. The molecule has 38 heavy (non-hydrogen) atoms. The summed E-state index contributed by atoms with van der Waals surface area (Å²) < 4.78 is 1.60. The van der Waals surface area contributed by atoms with Gasteiger partial charge in [0.05, 0.1) is 5.52 Å². The average molecular weight is 517 g/mol. The van der Waals surface area contributed by atoms with Gasteiger partial charge >= 0.3 is 0 Å². The standard InChI is InChI=1S/C29H36N6O3/c1-6-7-8-17(2)32-28(38)24-12-29(5)13-25(29)35(24)26(37)16-34-23-10-9-20(21-14-30-19(4)31-15-21)11-22(23)27(33-34)18(3)36/h9-11,14-15,17,24-25H,6-8,12-13,16H2,1-5H3,(H,32,38)/t17-,24-,25+,29-/m0/s1. The SMILES string of the molecule is CCCC[C@H](C)NC(=O)[C@@H]1C[C@@]2(C)C[C@H]2N1C(=O)Cn1nc(C(C)=O)c2cc(-c3cnc(C)nc3)ccc21. The zero-order chi connectivity index (χ0) is 27.2. The Morgan fingerprint density at radius 1 is 1.16 bits per heavy atom. The molecule has 3 heterocycles. The van der Waals surface area contributed by atoms with Gasteiger partial charge in [0.25, 0.3) is 0 Å². The van der Waals surface area contributed by atoms with Crippen LogP contribution in [0.25, 0.3) is 22.0 Å². The fraction of sp³-hybridized carbons (Fsp3) is 0.517. The van der Waals surface area contributed by atoms with Crippen molar-refractivity contribution < 1.29 is 14.4 Å². The predicted octanol–water partition coefficient (Wildman–Crippen LogP) is 4.08. The first-order valence-corrected chi connectivity index (χ1v) is 13.5. The van der Waals surface area contributed by atoms with Crippen LogP contribution in [0.1, 0.15) is 76.1 Å². The third kappa shape index (κ3) is 4.81. The van der Waals surface area contributed by atoms with Gasteiger partial charge in [0.15, 0.2) is 5.78 Å². The molecule has 1 aliphatic heterocycles. The number of piperidine rings is 1. The molecule has 1 aromatic carbocycles. The smallest absolute Gasteiger partial charge is 0.245 e. The molecule has 5 rings (SSSR count). The molecule has 2 aliphatic rings. The first-order valence-electron chi connectivity index (χ1n) is 13.5. The number of Topliss-reactive ketones (excluding diaryl/α,β-unsaturated/α-hetero) is 1. The topological polar surface area (TPSA) is 110 Å². The maximum Gasteiger partial charge on any atom is 0.245 e. The van der Waals surface area contributed by atoms with Gasteiger partial charge in [0, 0.05) is 42.4 Å². The molecule has 0 unspecified atom stereocenters. The van der Waals surface area contributed by atoms with Crippen LogP contribution in [0.4, 0.5) is 0 Å². The minimum atomic E-state index is -0.474. The van der Waals surface area contributed by atoms with Gasteiger partial charge in [-0.25, -0.2) is 9.97 Å². The maximum absolute atomic E-state index is 13.7. The fourth-order valence-corrected chi connectivity index (χ4v) is 5.77. The molecule has 1 N–H and O–H groups in total. The average Bonchev–Trinajstić information content (AvgIpc) is 3.25. The van der Waals surface area contributed by atoms with E-state index in [-0.39, 0.29) is 41.6 Å². The monoisotopic (exact) mass is 516 g/mol. The van der Waals surface area contributed by atoms with Gasteiger partial charge < -0.3 is 10.2 Å². The zero-order valence-electron chi connectivity index (χ0n) is 22.8. The quantitative estimate of drug-likeness (QED) is 0.429. The van der Waals surface area contributed by atoms with Crippen LogP contribution in [0.2, 0.25) is 0 Å². The largest absolute Gasteiger partial charge is 0.352 e. The number of nitrogens with zero attached hydrogens (tertiary/aromatic N) is 5. The number of unbranched alkanes of at least 4 members (excludes halogenated alkanes) is 1. The van der Waals surface area contributed by atoms with Crippen molar-refractivity contribution in [2.75, 3.05) is 0 Å². The van der Waals surface area contributed by atoms with Crippen molar-refractivity contribution in [3.05, 3.63) is 42.1 Å². The van der Waals surface area contributed by atoms with Crippen molar-refractivity contribution in [1.29, 1.82) is 0 Å². The number of fused-ring (bicyclic) bond motifs is 2. The lowest BCUT2D eigenvalue weighted by molar-refractivity contribution is -0.140. The van der Waals surface area contributed by atoms with E-state index >= 15 is 0 Å². The second-order valence-electron chi connectivity index (χ2n) is 11.3. The number of carbonyl (C=O) groups excluding carboxylic acids is 3. The fourth-order valence-electron chi connectivity index (χ4n) is 5.77. The first-order chi connectivity index (χ1) is 18.1. The molecule has 3 aromatic rings. The Labute approximate surface area is 223 Å². The number of carbonyl (C=O) groups is 3. The van der Waals surface area contributed by atoms with Crippen LogP contribution in [-0.4, -0.2) is 60.4 Å². The van der Waals surface area contributed by atoms with E-state index in [4.69, 9.17) is 0 Å². The summed E-state index contributed by atoms with van der Waals surface area (Å²) in [5, 5.41) is 8.35. The second-order valence-corrected chi connectivity index (χ2v) is 11.3. The van der Waals surface area contributed by atoms with E-state index in [2.05, 4.69) is 34.2 Å². The van der Waals surface area contributed by atoms with Gasteiger partial charge in [-0.3, -0.25) is 19.1 Å². The Morgan fingerprint density at radius 3 is 2.58 bits per heavy atom. The molecule has 2 fully saturated rings. The van der Waals surface area contributed by atoms with Crippen LogP contribution in [-0.2, 0) is 16.1 Å². The lowest BCUT2D eigenvalue weighted by atomic mass is 10.0. The highest BCUT2D eigenvalue weighted by molar-refractivity contribution is 6.06. The maximum atomic E-state index is 13.7. The summed E-state index contributed by atoms with van der Waals surface area (Å²) in [5.41, 5.74) is 2.72. The third-order valence-corrected chi connectivity index (χ3v) is 8.09. The lowest BCUT2D eigenvalue weighted by Crippen LogP contribution is -2.50. The molecular weight excluding hydrogens is 480 g/mol. The minimum Gasteiger partial charge on any atom is -0.352 e. The number of ketones is 1. The number of hydrogen-bond acceptors (Lipinski definition) is 6. The van der Waals surface area contributed by atoms with Crippen LogP contribution in [0.3, 0.4) is 0 Å². The van der Waals surface area contributed by atoms with E-state index in [9.17, 15) is 14.4 Å². The van der Waals surface area contributed by atoms with Crippen molar-refractivity contribution in [1.82, 2.24) is 30.0 Å². The summed E-state index contributed by atoms with van der Waals surface area (Å²) in [6.45, 7) is 9.58. The van der Waals surface area contributed by atoms with Crippen molar-refractivity contribution in [2.24, 2.45) is 5.41 Å². The van der Waals surface area contributed by atoms with Crippen molar-refractivity contribution in [3.8, 4) is 11.1 Å². The molecule has 0 spiro atoms. The Morgan fingerprint density at radius 2 is 1.89 bits per heavy atom. The zero-order valence-corrected chi connectivity index (χ0v) is 22.8. The first kappa shape index (κ1) is 26.0. The molecule has 9 nitrogen and oxygen atoms in total. The van der Waals surface area contributed by atoms with Crippen molar-refractivity contribution >= 4 is 28.5 Å². The number of benzene rings is 1. The highest BCUT2D eigenvalue weighted by Gasteiger charge is 2.64. The molecule has 2 amide bonds. The summed E-state index contributed by atoms with van der Waals surface area (Å²) in [4.78, 5) is 49.7. The lowest BCUT2D eigenvalue weighted by Gasteiger charge is -2.28. The highest BCUT2D eigenvalue weighted by Crippen LogP contribution is 2.59. The number of hydrogen-bond donors (Lipinski definition) is 1. The summed E-state index contributed by atoms with van der Waals surface area (Å²) in [6, 6.07) is 5.37. The number of aromatic nitrogens is 4. The van der Waals surface area contributed by atoms with E-state index in [1.165, 1.54) is 6.92 Å². The summed E-state index contributed by atoms with van der Waals surface area (Å²) >= 11 is 0. The van der Waals surface area contributed by atoms with Crippen LogP contribution >= 0.6 is 0 Å². The molecule has 9 heteroatoms. The van der Waals surface area contributed by atoms with Crippen molar-refractivity contribution in [2.45, 2.75) is 91.4 Å². The summed E-state index contributed by atoms with van der Waals surface area (Å²) in [5.74, 6) is 0.289. The van der Waals surface area contributed by atoms with Gasteiger partial charge in [-0.1, -0.05) is 32.8 Å².